The Labute approximate surface area is 103 Å². The Balaban J connectivity index is 2.85. The number of rotatable bonds is 3. The van der Waals surface area contributed by atoms with Crippen molar-refractivity contribution in [2.45, 2.75) is 20.3 Å². The van der Waals surface area contributed by atoms with Gasteiger partial charge in [-0.1, -0.05) is 33.1 Å². The number of carbonyl (C=O) groups excluding carboxylic acids is 1. The molecule has 3 heteroatoms. The van der Waals surface area contributed by atoms with Gasteiger partial charge in [0.15, 0.2) is 5.78 Å². The molecule has 1 rings (SSSR count). The highest BCUT2D eigenvalue weighted by molar-refractivity contribution is 9.10. The molecule has 0 saturated heterocycles. The minimum atomic E-state index is 0.0953. The summed E-state index contributed by atoms with van der Waals surface area (Å²) in [5.74, 6) is 0.0953. The highest BCUT2D eigenvalue weighted by Crippen LogP contribution is 2.21. The monoisotopic (exact) mass is 286 g/mol. The molecule has 0 fully saturated rings. The maximum atomic E-state index is 11.5. The zero-order chi connectivity index (χ0) is 11.4. The number of hydrogen-bond acceptors (Lipinski definition) is 1. The van der Waals surface area contributed by atoms with Gasteiger partial charge in [0.25, 0.3) is 0 Å². The predicted molar refractivity (Wildman–Crippen MR) is 67.3 cm³/mol. The van der Waals surface area contributed by atoms with Gasteiger partial charge in [0.1, 0.15) is 0 Å². The maximum Gasteiger partial charge on any atom is 0.160 e. The van der Waals surface area contributed by atoms with E-state index in [2.05, 4.69) is 15.9 Å². The van der Waals surface area contributed by atoms with Crippen LogP contribution >= 0.6 is 27.5 Å². The van der Waals surface area contributed by atoms with E-state index in [0.717, 1.165) is 15.6 Å². The van der Waals surface area contributed by atoms with Gasteiger partial charge < -0.3 is 0 Å². The fourth-order valence-electron chi connectivity index (χ4n) is 1.24. The van der Waals surface area contributed by atoms with E-state index < -0.39 is 0 Å². The van der Waals surface area contributed by atoms with Crippen LogP contribution in [-0.2, 0) is 11.2 Å². The van der Waals surface area contributed by atoms with E-state index >= 15 is 0 Å². The summed E-state index contributed by atoms with van der Waals surface area (Å²) in [5.41, 5.74) is 1.93. The summed E-state index contributed by atoms with van der Waals surface area (Å²) in [4.78, 5) is 11.5. The van der Waals surface area contributed by atoms with Crippen molar-refractivity contribution in [1.82, 2.24) is 0 Å². The van der Waals surface area contributed by atoms with Crippen LogP contribution in [0.4, 0.5) is 0 Å². The molecular weight excluding hydrogens is 275 g/mol. The van der Waals surface area contributed by atoms with Gasteiger partial charge in [-0.2, -0.15) is 0 Å². The lowest BCUT2D eigenvalue weighted by Crippen LogP contribution is -2.00. The summed E-state index contributed by atoms with van der Waals surface area (Å²) < 4.78 is 0.919. The largest absolute Gasteiger partial charge is 0.294 e. The highest BCUT2D eigenvalue weighted by Gasteiger charge is 2.05. The van der Waals surface area contributed by atoms with Crippen molar-refractivity contribution in [1.29, 1.82) is 0 Å². The Morgan fingerprint density at radius 1 is 1.47 bits per heavy atom. The molecule has 0 N–H and O–H groups in total. The molecule has 0 atom stereocenters. The molecule has 0 aliphatic heterocycles. The van der Waals surface area contributed by atoms with E-state index in [0.29, 0.717) is 11.4 Å². The summed E-state index contributed by atoms with van der Waals surface area (Å²) in [6.07, 6.45) is 2.03. The molecule has 0 aliphatic rings. The van der Waals surface area contributed by atoms with Gasteiger partial charge in [-0.15, -0.1) is 0 Å². The van der Waals surface area contributed by atoms with Gasteiger partial charge in [-0.05, 0) is 43.7 Å². The van der Waals surface area contributed by atoms with Crippen LogP contribution in [0, 0.1) is 0 Å². The lowest BCUT2D eigenvalue weighted by atomic mass is 10.1. The first-order chi connectivity index (χ1) is 6.99. The number of halogens is 2. The zero-order valence-corrected chi connectivity index (χ0v) is 11.0. The molecule has 0 amide bonds. The summed E-state index contributed by atoms with van der Waals surface area (Å²) >= 11 is 9.25. The second kappa shape index (κ2) is 5.47. The van der Waals surface area contributed by atoms with Crippen LogP contribution in [0.15, 0.2) is 34.3 Å². The molecule has 1 nitrogen and oxygen atoms in total. The molecule has 0 bridgehead atoms. The predicted octanol–water partition coefficient (Wildman–Crippen LogP) is 4.18. The third-order valence-electron chi connectivity index (χ3n) is 1.82. The van der Waals surface area contributed by atoms with Gasteiger partial charge in [-0.3, -0.25) is 4.79 Å². The Morgan fingerprint density at radius 3 is 2.73 bits per heavy atom. The normalized spacial score (nSPS) is 9.87. The molecular formula is C12H12BrClO. The lowest BCUT2D eigenvalue weighted by Gasteiger charge is -2.02. The summed E-state index contributed by atoms with van der Waals surface area (Å²) in [7, 11) is 0. The van der Waals surface area contributed by atoms with Crippen LogP contribution in [0.25, 0.3) is 0 Å². The van der Waals surface area contributed by atoms with E-state index in [4.69, 9.17) is 11.6 Å². The van der Waals surface area contributed by atoms with Crippen molar-refractivity contribution in [3.8, 4) is 0 Å². The Bertz CT molecular complexity index is 406. The average Bonchev–Trinajstić information content (AvgIpc) is 2.10. The molecule has 0 unspecified atom stereocenters. The Kier molecular flexibility index (Phi) is 4.55. The van der Waals surface area contributed by atoms with Crippen molar-refractivity contribution in [3.05, 3.63) is 44.9 Å². The van der Waals surface area contributed by atoms with Crippen LogP contribution < -0.4 is 0 Å². The van der Waals surface area contributed by atoms with Crippen LogP contribution in [0.1, 0.15) is 19.4 Å². The second-order valence-electron chi connectivity index (χ2n) is 3.60. The van der Waals surface area contributed by atoms with Crippen molar-refractivity contribution >= 4 is 33.3 Å². The topological polar surface area (TPSA) is 17.1 Å². The van der Waals surface area contributed by atoms with Gasteiger partial charge in [0, 0.05) is 15.9 Å². The molecule has 0 spiro atoms. The third-order valence-corrected chi connectivity index (χ3v) is 2.83. The quantitative estimate of drug-likeness (QED) is 0.762. The van der Waals surface area contributed by atoms with Gasteiger partial charge in [-0.25, -0.2) is 0 Å². The van der Waals surface area contributed by atoms with Crippen molar-refractivity contribution < 1.29 is 4.79 Å². The average molecular weight is 288 g/mol. The number of ketones is 1. The lowest BCUT2D eigenvalue weighted by molar-refractivity contribution is -0.114. The summed E-state index contributed by atoms with van der Waals surface area (Å²) in [6, 6.07) is 5.45. The SMILES string of the molecule is CC(C)=CC(=O)Cc1cc(Cl)ccc1Br. The van der Waals surface area contributed by atoms with Crippen molar-refractivity contribution in [2.75, 3.05) is 0 Å². The number of hydrogen-bond donors (Lipinski definition) is 0. The standard InChI is InChI=1S/C12H12BrClO/c1-8(2)5-11(15)7-9-6-10(14)3-4-12(9)13/h3-6H,7H2,1-2H3. The molecule has 0 radical (unpaired) electrons. The molecule has 1 aromatic carbocycles. The minimum absolute atomic E-state index is 0.0953. The molecule has 0 aliphatic carbocycles. The highest BCUT2D eigenvalue weighted by atomic mass is 79.9. The molecule has 15 heavy (non-hydrogen) atoms. The first kappa shape index (κ1) is 12.5. The smallest absolute Gasteiger partial charge is 0.160 e. The van der Waals surface area contributed by atoms with Crippen molar-refractivity contribution in [3.63, 3.8) is 0 Å². The Hall–Kier alpha value is -0.600. The molecule has 80 valence electrons. The first-order valence-electron chi connectivity index (χ1n) is 4.60. The van der Waals surface area contributed by atoms with Crippen molar-refractivity contribution in [2.24, 2.45) is 0 Å². The second-order valence-corrected chi connectivity index (χ2v) is 4.89. The van der Waals surface area contributed by atoms with E-state index in [1.807, 2.05) is 26.0 Å². The fraction of sp³-hybridized carbons (Fsp3) is 0.250. The van der Waals surface area contributed by atoms with E-state index in [9.17, 15) is 4.79 Å². The summed E-state index contributed by atoms with van der Waals surface area (Å²) in [6.45, 7) is 3.82. The first-order valence-corrected chi connectivity index (χ1v) is 5.78. The Morgan fingerprint density at radius 2 is 2.13 bits per heavy atom. The minimum Gasteiger partial charge on any atom is -0.294 e. The summed E-state index contributed by atoms with van der Waals surface area (Å²) in [5, 5.41) is 0.651. The number of benzene rings is 1. The van der Waals surface area contributed by atoms with Gasteiger partial charge in [0.2, 0.25) is 0 Å². The van der Waals surface area contributed by atoms with Crippen LogP contribution in [0.3, 0.4) is 0 Å². The van der Waals surface area contributed by atoms with E-state index in [1.54, 1.807) is 12.1 Å². The molecule has 0 saturated carbocycles. The molecule has 0 aromatic heterocycles. The van der Waals surface area contributed by atoms with E-state index in [1.165, 1.54) is 0 Å². The third kappa shape index (κ3) is 4.18. The molecule has 1 aromatic rings. The maximum absolute atomic E-state index is 11.5. The number of carbonyl (C=O) groups is 1. The van der Waals surface area contributed by atoms with Crippen LogP contribution in [0.2, 0.25) is 5.02 Å². The fourth-order valence-corrected chi connectivity index (χ4v) is 1.82. The van der Waals surface area contributed by atoms with Crippen LogP contribution in [0.5, 0.6) is 0 Å². The number of allylic oxidation sites excluding steroid dienone is 2. The van der Waals surface area contributed by atoms with Crippen LogP contribution in [-0.4, -0.2) is 5.78 Å². The molecule has 0 heterocycles. The van der Waals surface area contributed by atoms with E-state index in [-0.39, 0.29) is 5.78 Å². The van der Waals surface area contributed by atoms with Gasteiger partial charge in [0.05, 0.1) is 0 Å². The van der Waals surface area contributed by atoms with Gasteiger partial charge >= 0.3 is 0 Å². The zero-order valence-electron chi connectivity index (χ0n) is 8.68.